The van der Waals surface area contributed by atoms with E-state index in [9.17, 15) is 9.59 Å². The minimum absolute atomic E-state index is 0.0912. The van der Waals surface area contributed by atoms with Gasteiger partial charge in [-0.3, -0.25) is 9.59 Å². The second kappa shape index (κ2) is 12.8. The van der Waals surface area contributed by atoms with Crippen LogP contribution in [0.2, 0.25) is 0 Å². The SMILES string of the molecule is CCOC(=O)CC(=O)COCC[N+]1(C(c2ccccc2)(c2ccccc2)c2ccccc2)CCNCC1. The highest BCUT2D eigenvalue weighted by molar-refractivity contribution is 5.96. The number of nitrogens with one attached hydrogen (secondary N) is 1. The van der Waals surface area contributed by atoms with Crippen LogP contribution in [0.15, 0.2) is 91.0 Å². The Hall–Kier alpha value is -3.32. The van der Waals surface area contributed by atoms with Gasteiger partial charge in [0.05, 0.1) is 26.3 Å². The van der Waals surface area contributed by atoms with Gasteiger partial charge in [0.15, 0.2) is 11.3 Å². The van der Waals surface area contributed by atoms with Crippen molar-refractivity contribution in [1.29, 1.82) is 0 Å². The van der Waals surface area contributed by atoms with E-state index >= 15 is 0 Å². The average molecular weight is 502 g/mol. The van der Waals surface area contributed by atoms with Crippen LogP contribution in [0.4, 0.5) is 0 Å². The molecule has 0 aromatic heterocycles. The lowest BCUT2D eigenvalue weighted by atomic mass is 9.73. The van der Waals surface area contributed by atoms with Crippen molar-refractivity contribution in [1.82, 2.24) is 5.32 Å². The molecule has 0 unspecified atom stereocenters. The number of esters is 1. The highest BCUT2D eigenvalue weighted by Crippen LogP contribution is 2.47. The van der Waals surface area contributed by atoms with E-state index in [1.54, 1.807) is 6.92 Å². The van der Waals surface area contributed by atoms with E-state index in [4.69, 9.17) is 9.47 Å². The summed E-state index contributed by atoms with van der Waals surface area (Å²) in [7, 11) is 0. The lowest BCUT2D eigenvalue weighted by Crippen LogP contribution is -2.70. The molecule has 4 rings (SSSR count). The van der Waals surface area contributed by atoms with E-state index in [1.807, 2.05) is 0 Å². The molecule has 3 aromatic rings. The minimum atomic E-state index is -0.502. The number of rotatable bonds is 12. The predicted octanol–water partition coefficient (Wildman–Crippen LogP) is 3.94. The quantitative estimate of drug-likeness (QED) is 0.134. The van der Waals surface area contributed by atoms with Crippen molar-refractivity contribution in [3.63, 3.8) is 0 Å². The smallest absolute Gasteiger partial charge is 0.313 e. The lowest BCUT2D eigenvalue weighted by Gasteiger charge is -2.56. The Labute approximate surface area is 219 Å². The number of ketones is 1. The van der Waals surface area contributed by atoms with Crippen molar-refractivity contribution >= 4 is 11.8 Å². The fourth-order valence-corrected chi connectivity index (χ4v) is 5.76. The zero-order valence-corrected chi connectivity index (χ0v) is 21.6. The van der Waals surface area contributed by atoms with E-state index in [-0.39, 0.29) is 25.4 Å². The normalized spacial score (nSPS) is 15.2. The number of Topliss-reactive ketones (excluding diaryl/α,β-unsaturated/α-hetero) is 1. The second-order valence-electron chi connectivity index (χ2n) is 9.45. The van der Waals surface area contributed by atoms with E-state index in [1.165, 1.54) is 16.7 Å². The molecule has 6 nitrogen and oxygen atoms in total. The number of nitrogens with zero attached hydrogens (tertiary/aromatic N) is 1. The van der Waals surface area contributed by atoms with Gasteiger partial charge in [0.25, 0.3) is 0 Å². The lowest BCUT2D eigenvalue weighted by molar-refractivity contribution is -0.973. The van der Waals surface area contributed by atoms with Crippen molar-refractivity contribution in [2.75, 3.05) is 52.5 Å². The van der Waals surface area contributed by atoms with Crippen LogP contribution in [0.5, 0.6) is 0 Å². The third-order valence-corrected chi connectivity index (χ3v) is 7.29. The Balaban J connectivity index is 1.73. The third-order valence-electron chi connectivity index (χ3n) is 7.29. The summed E-state index contributed by atoms with van der Waals surface area (Å²) in [5, 5.41) is 3.55. The molecule has 0 spiro atoms. The van der Waals surface area contributed by atoms with Gasteiger partial charge in [0.1, 0.15) is 19.6 Å². The van der Waals surface area contributed by atoms with Gasteiger partial charge in [-0.1, -0.05) is 91.0 Å². The van der Waals surface area contributed by atoms with Gasteiger partial charge in [-0.25, -0.2) is 0 Å². The fraction of sp³-hybridized carbons (Fsp3) is 0.355. The van der Waals surface area contributed by atoms with E-state index < -0.39 is 11.5 Å². The molecule has 0 radical (unpaired) electrons. The van der Waals surface area contributed by atoms with E-state index in [2.05, 4.69) is 96.3 Å². The molecule has 6 heteroatoms. The molecule has 1 saturated heterocycles. The molecule has 0 aliphatic carbocycles. The van der Waals surface area contributed by atoms with Crippen LogP contribution in [-0.4, -0.2) is 68.8 Å². The molecule has 3 aromatic carbocycles. The Morgan fingerprint density at radius 2 is 1.30 bits per heavy atom. The van der Waals surface area contributed by atoms with Crippen LogP contribution in [-0.2, 0) is 24.6 Å². The molecule has 1 N–H and O–H groups in total. The molecule has 0 amide bonds. The van der Waals surface area contributed by atoms with Gasteiger partial charge in [-0.2, -0.15) is 0 Å². The molecule has 1 aliphatic heterocycles. The van der Waals surface area contributed by atoms with Crippen LogP contribution in [0.25, 0.3) is 0 Å². The number of ether oxygens (including phenoxy) is 2. The second-order valence-corrected chi connectivity index (χ2v) is 9.45. The van der Waals surface area contributed by atoms with Gasteiger partial charge in [-0.05, 0) is 6.92 Å². The molecule has 194 valence electrons. The first-order valence-corrected chi connectivity index (χ1v) is 13.1. The summed E-state index contributed by atoms with van der Waals surface area (Å²) in [6, 6.07) is 32.2. The van der Waals surface area contributed by atoms with E-state index in [0.717, 1.165) is 30.7 Å². The largest absolute Gasteiger partial charge is 0.466 e. The summed E-state index contributed by atoms with van der Waals surface area (Å²) < 4.78 is 11.6. The fourth-order valence-electron chi connectivity index (χ4n) is 5.76. The number of hydrogen-bond acceptors (Lipinski definition) is 5. The Morgan fingerprint density at radius 1 is 0.811 bits per heavy atom. The zero-order valence-electron chi connectivity index (χ0n) is 21.6. The van der Waals surface area contributed by atoms with Gasteiger partial charge >= 0.3 is 5.97 Å². The van der Waals surface area contributed by atoms with Crippen LogP contribution >= 0.6 is 0 Å². The zero-order chi connectivity index (χ0) is 26.0. The van der Waals surface area contributed by atoms with Crippen molar-refractivity contribution in [3.05, 3.63) is 108 Å². The number of benzene rings is 3. The number of carbonyl (C=O) groups excluding carboxylic acids is 2. The average Bonchev–Trinajstić information content (AvgIpc) is 2.94. The first-order valence-electron chi connectivity index (χ1n) is 13.1. The summed E-state index contributed by atoms with van der Waals surface area (Å²) in [4.78, 5) is 24.0. The molecule has 0 bridgehead atoms. The highest BCUT2D eigenvalue weighted by Gasteiger charge is 2.55. The number of piperazine rings is 1. The van der Waals surface area contributed by atoms with Crippen LogP contribution < -0.4 is 5.32 Å². The van der Waals surface area contributed by atoms with Gasteiger partial charge in [-0.15, -0.1) is 0 Å². The third kappa shape index (κ3) is 5.82. The molecule has 37 heavy (non-hydrogen) atoms. The van der Waals surface area contributed by atoms with Gasteiger partial charge in [0.2, 0.25) is 0 Å². The molecular formula is C31H37N2O4+. The summed E-state index contributed by atoms with van der Waals surface area (Å²) in [5.74, 6) is -0.760. The summed E-state index contributed by atoms with van der Waals surface area (Å²) in [6.07, 6.45) is -0.250. The summed E-state index contributed by atoms with van der Waals surface area (Å²) in [6.45, 7) is 6.60. The molecule has 0 saturated carbocycles. The Morgan fingerprint density at radius 3 is 1.76 bits per heavy atom. The Kier molecular flexibility index (Phi) is 9.23. The monoisotopic (exact) mass is 501 g/mol. The van der Waals surface area contributed by atoms with Crippen molar-refractivity contribution in [2.24, 2.45) is 0 Å². The first-order chi connectivity index (χ1) is 18.1. The van der Waals surface area contributed by atoms with Gasteiger partial charge < -0.3 is 19.3 Å². The minimum Gasteiger partial charge on any atom is -0.466 e. The van der Waals surface area contributed by atoms with Crippen molar-refractivity contribution in [3.8, 4) is 0 Å². The maximum atomic E-state index is 12.3. The number of carbonyl (C=O) groups is 2. The maximum absolute atomic E-state index is 12.3. The van der Waals surface area contributed by atoms with Crippen LogP contribution in [0, 0.1) is 0 Å². The topological polar surface area (TPSA) is 64.6 Å². The maximum Gasteiger partial charge on any atom is 0.313 e. The standard InChI is InChI=1S/C31H37N2O4/c1-2-37-30(35)24-29(34)25-36-23-22-33(20-18-32-19-21-33)31(26-12-6-3-7-13-26,27-14-8-4-9-15-27)28-16-10-5-11-17-28/h3-17,32H,2,18-25H2,1H3/q+1. The number of hydrogen-bond donors (Lipinski definition) is 1. The predicted molar refractivity (Wildman–Crippen MR) is 144 cm³/mol. The molecule has 0 atom stereocenters. The molecular weight excluding hydrogens is 464 g/mol. The van der Waals surface area contributed by atoms with Crippen molar-refractivity contribution in [2.45, 2.75) is 18.9 Å². The first kappa shape index (κ1) is 26.7. The van der Waals surface area contributed by atoms with Crippen LogP contribution in [0.3, 0.4) is 0 Å². The van der Waals surface area contributed by atoms with Gasteiger partial charge in [0, 0.05) is 29.8 Å². The number of quaternary nitrogens is 1. The summed E-state index contributed by atoms with van der Waals surface area (Å²) >= 11 is 0. The molecule has 1 fully saturated rings. The van der Waals surface area contributed by atoms with Crippen LogP contribution in [0.1, 0.15) is 30.0 Å². The van der Waals surface area contributed by atoms with Crippen molar-refractivity contribution < 1.29 is 23.5 Å². The van der Waals surface area contributed by atoms with E-state index in [0.29, 0.717) is 13.2 Å². The highest BCUT2D eigenvalue weighted by atomic mass is 16.5. The molecule has 1 aliphatic rings. The Bertz CT molecular complexity index is 1030. The summed E-state index contributed by atoms with van der Waals surface area (Å²) in [5.41, 5.74) is 3.22. The molecule has 1 heterocycles.